The third-order valence-electron chi connectivity index (χ3n) is 1.55. The lowest BCUT2D eigenvalue weighted by Crippen LogP contribution is -1.69. The summed E-state index contributed by atoms with van der Waals surface area (Å²) in [5.41, 5.74) is 2.03. The van der Waals surface area contributed by atoms with Gasteiger partial charge in [-0.15, -0.1) is 0 Å². The van der Waals surface area contributed by atoms with Gasteiger partial charge in [0.05, 0.1) is 0 Å². The topological polar surface area (TPSA) is 0 Å². The van der Waals surface area contributed by atoms with Gasteiger partial charge in [0.1, 0.15) is 0 Å². The zero-order valence-corrected chi connectivity index (χ0v) is 9.32. The normalized spacial score (nSPS) is 7.80. The fourth-order valence-corrected chi connectivity index (χ4v) is 0.871. The van der Waals surface area contributed by atoms with Crippen molar-refractivity contribution >= 4 is 0 Å². The fraction of sp³-hybridized carbons (Fsp3) is 0.0667. The van der Waals surface area contributed by atoms with Crippen LogP contribution >= 0.6 is 0 Å². The van der Waals surface area contributed by atoms with Crippen LogP contribution in [0.1, 0.15) is 6.92 Å². The van der Waals surface area contributed by atoms with E-state index in [0.29, 0.717) is 0 Å². The molecule has 0 nitrogen and oxygen atoms in total. The monoisotopic (exact) mass is 198 g/mol. The van der Waals surface area contributed by atoms with Gasteiger partial charge >= 0.3 is 0 Å². The van der Waals surface area contributed by atoms with Gasteiger partial charge in [0.2, 0.25) is 0 Å². The van der Waals surface area contributed by atoms with E-state index < -0.39 is 0 Å². The molecule has 0 unspecified atom stereocenters. The quantitative estimate of drug-likeness (QED) is 0.625. The molecule has 0 saturated heterocycles. The Hall–Kier alpha value is -1.82. The van der Waals surface area contributed by atoms with Crippen LogP contribution in [0.25, 0.3) is 0 Å². The Morgan fingerprint density at radius 1 is 0.867 bits per heavy atom. The first-order valence-corrected chi connectivity index (χ1v) is 4.82. The number of hydrogen-bond acceptors (Lipinski definition) is 0. The molecule has 1 aromatic carbocycles. The molecule has 0 aliphatic heterocycles. The standard InChI is InChI=1S/C9H12.C6H6/c1-5-9(6-2)7-8(3)4;1-2-4-6-5-3-1/h5-7H,1-3H2,4H3;1-6H. The Kier molecular flexibility index (Phi) is 7.70. The zero-order chi connectivity index (χ0) is 11.5. The van der Waals surface area contributed by atoms with Gasteiger partial charge in [-0.3, -0.25) is 0 Å². The van der Waals surface area contributed by atoms with Crippen LogP contribution in [0, 0.1) is 0 Å². The molecule has 0 amide bonds. The van der Waals surface area contributed by atoms with Crippen molar-refractivity contribution in [2.45, 2.75) is 6.92 Å². The van der Waals surface area contributed by atoms with Crippen LogP contribution in [0.2, 0.25) is 0 Å². The van der Waals surface area contributed by atoms with Crippen molar-refractivity contribution < 1.29 is 0 Å². The second-order valence-electron chi connectivity index (χ2n) is 3.05. The lowest BCUT2D eigenvalue weighted by molar-refractivity contribution is 1.52. The minimum Gasteiger partial charge on any atom is -0.0985 e. The highest BCUT2D eigenvalue weighted by Crippen LogP contribution is 2.00. The van der Waals surface area contributed by atoms with Gasteiger partial charge in [-0.2, -0.15) is 0 Å². The summed E-state index contributed by atoms with van der Waals surface area (Å²) in [7, 11) is 0. The van der Waals surface area contributed by atoms with Crippen molar-refractivity contribution in [3.05, 3.63) is 85.5 Å². The Bertz CT molecular complexity index is 292. The first-order valence-electron chi connectivity index (χ1n) is 4.82. The average Bonchev–Trinajstić information content (AvgIpc) is 2.29. The third-order valence-corrected chi connectivity index (χ3v) is 1.55. The van der Waals surface area contributed by atoms with Gasteiger partial charge in [0, 0.05) is 0 Å². The minimum absolute atomic E-state index is 1.02. The average molecular weight is 198 g/mol. The number of hydrogen-bond donors (Lipinski definition) is 0. The van der Waals surface area contributed by atoms with Crippen molar-refractivity contribution in [1.82, 2.24) is 0 Å². The van der Waals surface area contributed by atoms with Crippen LogP contribution in [0.3, 0.4) is 0 Å². The number of benzene rings is 1. The molecule has 0 aliphatic carbocycles. The summed E-state index contributed by atoms with van der Waals surface area (Å²) < 4.78 is 0. The van der Waals surface area contributed by atoms with Crippen molar-refractivity contribution in [1.29, 1.82) is 0 Å². The van der Waals surface area contributed by atoms with Crippen LogP contribution in [-0.2, 0) is 0 Å². The molecular weight excluding hydrogens is 180 g/mol. The summed E-state index contributed by atoms with van der Waals surface area (Å²) >= 11 is 0. The van der Waals surface area contributed by atoms with Crippen LogP contribution < -0.4 is 0 Å². The number of rotatable bonds is 3. The number of allylic oxidation sites excluding steroid dienone is 5. The lowest BCUT2D eigenvalue weighted by Gasteiger charge is -1.89. The summed E-state index contributed by atoms with van der Waals surface area (Å²) in [5, 5.41) is 0. The predicted molar refractivity (Wildman–Crippen MR) is 69.7 cm³/mol. The predicted octanol–water partition coefficient (Wildman–Crippen LogP) is 4.55. The molecule has 0 heterocycles. The maximum atomic E-state index is 3.72. The van der Waals surface area contributed by atoms with E-state index in [9.17, 15) is 0 Å². The maximum absolute atomic E-state index is 3.72. The van der Waals surface area contributed by atoms with Crippen LogP contribution in [-0.4, -0.2) is 0 Å². The third kappa shape index (κ3) is 8.51. The van der Waals surface area contributed by atoms with Gasteiger partial charge in [-0.05, 0) is 12.5 Å². The van der Waals surface area contributed by atoms with E-state index in [1.54, 1.807) is 12.2 Å². The summed E-state index contributed by atoms with van der Waals surface area (Å²) in [6, 6.07) is 12.0. The maximum Gasteiger partial charge on any atom is -0.0266 e. The van der Waals surface area contributed by atoms with Crippen molar-refractivity contribution in [2.24, 2.45) is 0 Å². The molecule has 1 rings (SSSR count). The smallest absolute Gasteiger partial charge is 0.0266 e. The van der Waals surface area contributed by atoms with Gasteiger partial charge in [0.15, 0.2) is 0 Å². The second kappa shape index (κ2) is 8.76. The molecule has 0 atom stereocenters. The molecule has 1 aromatic rings. The Balaban J connectivity index is 0.000000280. The molecule has 0 fully saturated rings. The Morgan fingerprint density at radius 2 is 1.20 bits per heavy atom. The molecule has 0 bridgehead atoms. The Morgan fingerprint density at radius 3 is 1.33 bits per heavy atom. The molecule has 15 heavy (non-hydrogen) atoms. The van der Waals surface area contributed by atoms with E-state index >= 15 is 0 Å². The van der Waals surface area contributed by atoms with Gasteiger partial charge < -0.3 is 0 Å². The molecule has 0 heteroatoms. The SMILES string of the molecule is C=CC(C=C)=CC(=C)C.c1ccccc1. The van der Waals surface area contributed by atoms with E-state index in [-0.39, 0.29) is 0 Å². The molecule has 0 radical (unpaired) electrons. The highest BCUT2D eigenvalue weighted by molar-refractivity contribution is 5.33. The lowest BCUT2D eigenvalue weighted by atomic mass is 10.2. The van der Waals surface area contributed by atoms with Gasteiger partial charge in [0.25, 0.3) is 0 Å². The van der Waals surface area contributed by atoms with E-state index in [1.807, 2.05) is 49.4 Å². The van der Waals surface area contributed by atoms with Crippen molar-refractivity contribution in [3.63, 3.8) is 0 Å². The van der Waals surface area contributed by atoms with E-state index in [0.717, 1.165) is 11.1 Å². The molecule has 0 spiro atoms. The van der Waals surface area contributed by atoms with Crippen molar-refractivity contribution in [2.75, 3.05) is 0 Å². The molecule has 0 saturated carbocycles. The van der Waals surface area contributed by atoms with Gasteiger partial charge in [-0.25, -0.2) is 0 Å². The van der Waals surface area contributed by atoms with Crippen LogP contribution in [0.15, 0.2) is 85.5 Å². The summed E-state index contributed by atoms with van der Waals surface area (Å²) in [4.78, 5) is 0. The highest BCUT2D eigenvalue weighted by atomic mass is 13.9. The molecule has 0 aliphatic rings. The molecular formula is C15H18. The second-order valence-corrected chi connectivity index (χ2v) is 3.05. The first kappa shape index (κ1) is 13.2. The van der Waals surface area contributed by atoms with Gasteiger partial charge in [-0.1, -0.05) is 79.9 Å². The summed E-state index contributed by atoms with van der Waals surface area (Å²) in [5.74, 6) is 0. The largest absolute Gasteiger partial charge is 0.0985 e. The molecule has 0 aromatic heterocycles. The molecule has 0 N–H and O–H groups in total. The summed E-state index contributed by atoms with van der Waals surface area (Å²) in [6.07, 6.45) is 5.43. The zero-order valence-electron chi connectivity index (χ0n) is 9.32. The van der Waals surface area contributed by atoms with Crippen LogP contribution in [0.4, 0.5) is 0 Å². The van der Waals surface area contributed by atoms with Crippen molar-refractivity contribution in [3.8, 4) is 0 Å². The Labute approximate surface area is 93.0 Å². The highest BCUT2D eigenvalue weighted by Gasteiger charge is 1.80. The molecule has 78 valence electrons. The minimum atomic E-state index is 1.02. The van der Waals surface area contributed by atoms with E-state index in [1.165, 1.54) is 0 Å². The first-order chi connectivity index (χ1) is 7.20. The van der Waals surface area contributed by atoms with E-state index in [4.69, 9.17) is 0 Å². The van der Waals surface area contributed by atoms with E-state index in [2.05, 4.69) is 19.7 Å². The fourth-order valence-electron chi connectivity index (χ4n) is 0.871. The summed E-state index contributed by atoms with van der Waals surface area (Å²) in [6.45, 7) is 12.9. The van der Waals surface area contributed by atoms with Crippen LogP contribution in [0.5, 0.6) is 0 Å².